The highest BCUT2D eigenvalue weighted by molar-refractivity contribution is 7.91. The standard InChI is InChI=1S/C16H23NO5S/c1-4-23(21,22)14-7-5-6-13(10-14)11-15(18)17(12(2)3)9-8-16(19)20/h5-7,10,12H,4,8-9,11H2,1-3H3,(H,19,20). The summed E-state index contributed by atoms with van der Waals surface area (Å²) in [5.74, 6) is -1.17. The zero-order valence-corrected chi connectivity index (χ0v) is 14.5. The van der Waals surface area contributed by atoms with Gasteiger partial charge in [-0.3, -0.25) is 9.59 Å². The fraction of sp³-hybridized carbons (Fsp3) is 0.500. The molecule has 0 spiro atoms. The van der Waals surface area contributed by atoms with Crippen molar-refractivity contribution in [2.24, 2.45) is 0 Å². The molecule has 0 atom stereocenters. The van der Waals surface area contributed by atoms with E-state index in [2.05, 4.69) is 0 Å². The smallest absolute Gasteiger partial charge is 0.305 e. The molecule has 0 aliphatic carbocycles. The molecule has 0 fully saturated rings. The minimum absolute atomic E-state index is 0.00112. The van der Waals surface area contributed by atoms with Crippen LogP contribution in [-0.4, -0.2) is 48.6 Å². The van der Waals surface area contributed by atoms with Gasteiger partial charge in [-0.1, -0.05) is 19.1 Å². The number of nitrogens with zero attached hydrogens (tertiary/aromatic N) is 1. The van der Waals surface area contributed by atoms with Crippen LogP contribution in [0.5, 0.6) is 0 Å². The second-order valence-electron chi connectivity index (χ2n) is 5.55. The van der Waals surface area contributed by atoms with Gasteiger partial charge in [0.25, 0.3) is 0 Å². The second kappa shape index (κ2) is 8.10. The zero-order chi connectivity index (χ0) is 17.6. The van der Waals surface area contributed by atoms with Gasteiger partial charge in [0.2, 0.25) is 5.91 Å². The largest absolute Gasteiger partial charge is 0.481 e. The molecule has 1 aromatic rings. The first-order chi connectivity index (χ1) is 10.7. The molecule has 6 nitrogen and oxygen atoms in total. The number of sulfone groups is 1. The van der Waals surface area contributed by atoms with Crippen LogP contribution in [-0.2, 0) is 25.8 Å². The number of rotatable bonds is 8. The molecule has 1 amide bonds. The van der Waals surface area contributed by atoms with E-state index in [1.807, 2.05) is 13.8 Å². The molecule has 23 heavy (non-hydrogen) atoms. The highest BCUT2D eigenvalue weighted by atomic mass is 32.2. The van der Waals surface area contributed by atoms with Gasteiger partial charge < -0.3 is 10.0 Å². The van der Waals surface area contributed by atoms with Crippen LogP contribution >= 0.6 is 0 Å². The average molecular weight is 341 g/mol. The van der Waals surface area contributed by atoms with Gasteiger partial charge in [-0.05, 0) is 31.5 Å². The number of amides is 1. The molecule has 0 bridgehead atoms. The number of carbonyl (C=O) groups excluding carboxylic acids is 1. The Morgan fingerprint density at radius 1 is 1.26 bits per heavy atom. The monoisotopic (exact) mass is 341 g/mol. The van der Waals surface area contributed by atoms with Crippen molar-refractivity contribution >= 4 is 21.7 Å². The number of benzene rings is 1. The molecular formula is C16H23NO5S. The Balaban J connectivity index is 2.91. The number of carbonyl (C=O) groups is 2. The van der Waals surface area contributed by atoms with Crippen molar-refractivity contribution < 1.29 is 23.1 Å². The molecule has 0 aromatic heterocycles. The van der Waals surface area contributed by atoms with Gasteiger partial charge in [-0.15, -0.1) is 0 Å². The fourth-order valence-corrected chi connectivity index (χ4v) is 3.13. The zero-order valence-electron chi connectivity index (χ0n) is 13.7. The third-order valence-corrected chi connectivity index (χ3v) is 5.24. The van der Waals surface area contributed by atoms with Crippen molar-refractivity contribution in [3.63, 3.8) is 0 Å². The van der Waals surface area contributed by atoms with Crippen LogP contribution in [0.4, 0.5) is 0 Å². The summed E-state index contributed by atoms with van der Waals surface area (Å²) < 4.78 is 23.8. The SMILES string of the molecule is CCS(=O)(=O)c1cccc(CC(=O)N(CCC(=O)O)C(C)C)c1. The summed E-state index contributed by atoms with van der Waals surface area (Å²) in [6.07, 6.45) is -0.0704. The molecule has 1 rings (SSSR count). The van der Waals surface area contributed by atoms with Crippen molar-refractivity contribution in [1.29, 1.82) is 0 Å². The molecule has 1 aromatic carbocycles. The Morgan fingerprint density at radius 3 is 2.43 bits per heavy atom. The van der Waals surface area contributed by atoms with Gasteiger partial charge in [-0.25, -0.2) is 8.42 Å². The normalized spacial score (nSPS) is 11.5. The molecule has 128 valence electrons. The molecule has 0 radical (unpaired) electrons. The molecule has 7 heteroatoms. The van der Waals surface area contributed by atoms with Crippen LogP contribution in [0.3, 0.4) is 0 Å². The quantitative estimate of drug-likeness (QED) is 0.777. The van der Waals surface area contributed by atoms with Crippen LogP contribution in [0.2, 0.25) is 0 Å². The van der Waals surface area contributed by atoms with Crippen molar-refractivity contribution in [3.8, 4) is 0 Å². The molecule has 0 saturated carbocycles. The molecule has 1 N–H and O–H groups in total. The lowest BCUT2D eigenvalue weighted by Crippen LogP contribution is -2.39. The Morgan fingerprint density at radius 2 is 1.91 bits per heavy atom. The average Bonchev–Trinajstić information content (AvgIpc) is 2.47. The van der Waals surface area contributed by atoms with Crippen molar-refractivity contribution in [2.45, 2.75) is 44.6 Å². The summed E-state index contributed by atoms with van der Waals surface area (Å²) in [6.45, 7) is 5.34. The summed E-state index contributed by atoms with van der Waals surface area (Å²) in [5, 5.41) is 8.76. The maximum Gasteiger partial charge on any atom is 0.305 e. The number of hydrogen-bond donors (Lipinski definition) is 1. The predicted molar refractivity (Wildman–Crippen MR) is 87.0 cm³/mol. The van der Waals surface area contributed by atoms with Gasteiger partial charge >= 0.3 is 5.97 Å². The lowest BCUT2D eigenvalue weighted by molar-refractivity contribution is -0.139. The van der Waals surface area contributed by atoms with Crippen molar-refractivity contribution in [3.05, 3.63) is 29.8 Å². The van der Waals surface area contributed by atoms with Crippen molar-refractivity contribution in [1.82, 2.24) is 4.90 Å². The lowest BCUT2D eigenvalue weighted by atomic mass is 10.1. The Labute approximate surface area is 137 Å². The maximum absolute atomic E-state index is 12.4. The highest BCUT2D eigenvalue weighted by Crippen LogP contribution is 2.15. The van der Waals surface area contributed by atoms with E-state index in [-0.39, 0.29) is 42.0 Å². The van der Waals surface area contributed by atoms with E-state index < -0.39 is 15.8 Å². The van der Waals surface area contributed by atoms with E-state index >= 15 is 0 Å². The number of carboxylic acids is 1. The lowest BCUT2D eigenvalue weighted by Gasteiger charge is -2.26. The van der Waals surface area contributed by atoms with Crippen LogP contribution in [0.15, 0.2) is 29.2 Å². The van der Waals surface area contributed by atoms with E-state index in [4.69, 9.17) is 5.11 Å². The predicted octanol–water partition coefficient (Wildman–Crippen LogP) is 1.73. The summed E-state index contributed by atoms with van der Waals surface area (Å²) >= 11 is 0. The molecule has 0 unspecified atom stereocenters. The van der Waals surface area contributed by atoms with E-state index in [0.717, 1.165) is 0 Å². The van der Waals surface area contributed by atoms with E-state index in [9.17, 15) is 18.0 Å². The van der Waals surface area contributed by atoms with E-state index in [0.29, 0.717) is 5.56 Å². The van der Waals surface area contributed by atoms with Crippen LogP contribution < -0.4 is 0 Å². The first kappa shape index (κ1) is 19.2. The first-order valence-electron chi connectivity index (χ1n) is 7.50. The van der Waals surface area contributed by atoms with E-state index in [1.54, 1.807) is 19.1 Å². The van der Waals surface area contributed by atoms with Gasteiger partial charge in [0, 0.05) is 12.6 Å². The fourth-order valence-electron chi connectivity index (χ4n) is 2.18. The summed E-state index contributed by atoms with van der Waals surface area (Å²) in [4.78, 5) is 24.8. The van der Waals surface area contributed by atoms with Gasteiger partial charge in [-0.2, -0.15) is 0 Å². The molecular weight excluding hydrogens is 318 g/mol. The molecule has 0 aliphatic heterocycles. The molecule has 0 saturated heterocycles. The van der Waals surface area contributed by atoms with Crippen LogP contribution in [0.1, 0.15) is 32.8 Å². The molecule has 0 heterocycles. The summed E-state index contributed by atoms with van der Waals surface area (Å²) in [6, 6.07) is 6.21. The van der Waals surface area contributed by atoms with Gasteiger partial charge in [0.15, 0.2) is 9.84 Å². The highest BCUT2D eigenvalue weighted by Gasteiger charge is 2.19. The topological polar surface area (TPSA) is 91.8 Å². The van der Waals surface area contributed by atoms with E-state index in [1.165, 1.54) is 17.0 Å². The minimum Gasteiger partial charge on any atom is -0.481 e. The van der Waals surface area contributed by atoms with Crippen molar-refractivity contribution in [2.75, 3.05) is 12.3 Å². The second-order valence-corrected chi connectivity index (χ2v) is 7.83. The van der Waals surface area contributed by atoms with Crippen LogP contribution in [0, 0.1) is 0 Å². The Bertz CT molecular complexity index is 667. The van der Waals surface area contributed by atoms with Crippen LogP contribution in [0.25, 0.3) is 0 Å². The number of hydrogen-bond acceptors (Lipinski definition) is 4. The van der Waals surface area contributed by atoms with Gasteiger partial charge in [0.1, 0.15) is 0 Å². The third-order valence-electron chi connectivity index (χ3n) is 3.50. The first-order valence-corrected chi connectivity index (χ1v) is 9.15. The number of carboxylic acid groups (broad SMARTS) is 1. The summed E-state index contributed by atoms with van der Waals surface area (Å²) in [5.41, 5.74) is 0.602. The minimum atomic E-state index is -3.32. The maximum atomic E-state index is 12.4. The Hall–Kier alpha value is -1.89. The molecule has 0 aliphatic rings. The summed E-state index contributed by atoms with van der Waals surface area (Å²) in [7, 11) is -3.32. The Kier molecular flexibility index (Phi) is 6.75. The van der Waals surface area contributed by atoms with Gasteiger partial charge in [0.05, 0.1) is 23.5 Å². The third kappa shape index (κ3) is 5.67. The number of aliphatic carboxylic acids is 1.